The van der Waals surface area contributed by atoms with Crippen LogP contribution in [0.2, 0.25) is 0 Å². The molecule has 2 aliphatic carbocycles. The first kappa shape index (κ1) is 14.6. The molecule has 4 rings (SSSR count). The molecular formula is C18H21N3O2. The number of nitrogens with one attached hydrogen (secondary N) is 1. The Bertz CT molecular complexity index is 710. The van der Waals surface area contributed by atoms with Gasteiger partial charge in [0, 0.05) is 35.3 Å². The molecule has 120 valence electrons. The second-order valence-electron chi connectivity index (χ2n) is 7.01. The van der Waals surface area contributed by atoms with Crippen LogP contribution in [0.25, 0.3) is 10.8 Å². The maximum Gasteiger partial charge on any atom is 0.228 e. The Kier molecular flexibility index (Phi) is 3.73. The number of rotatable bonds is 2. The lowest BCUT2D eigenvalue weighted by atomic mass is 9.67. The Morgan fingerprint density at radius 3 is 2.65 bits per heavy atom. The second-order valence-corrected chi connectivity index (χ2v) is 7.01. The number of carbonyl (C=O) groups excluding carboxylic acids is 1. The quantitative estimate of drug-likeness (QED) is 0.894. The lowest BCUT2D eigenvalue weighted by Gasteiger charge is -2.40. The lowest BCUT2D eigenvalue weighted by molar-refractivity contribution is -0.123. The third-order valence-corrected chi connectivity index (χ3v) is 5.29. The molecule has 1 amide bonds. The smallest absolute Gasteiger partial charge is 0.228 e. The highest BCUT2D eigenvalue weighted by Gasteiger charge is 2.38. The molecule has 0 aromatic carbocycles. The maximum absolute atomic E-state index is 12.7. The monoisotopic (exact) mass is 311 g/mol. The van der Waals surface area contributed by atoms with E-state index in [4.69, 9.17) is 0 Å². The fourth-order valence-electron chi connectivity index (χ4n) is 4.36. The number of hydrogen-bond donors (Lipinski definition) is 2. The van der Waals surface area contributed by atoms with Gasteiger partial charge in [-0.1, -0.05) is 0 Å². The van der Waals surface area contributed by atoms with Gasteiger partial charge in [0.15, 0.2) is 0 Å². The third kappa shape index (κ3) is 2.93. The number of nitrogens with zero attached hydrogens (tertiary/aromatic N) is 2. The average molecular weight is 311 g/mol. The molecule has 5 nitrogen and oxygen atoms in total. The number of carbonyl (C=O) groups is 1. The summed E-state index contributed by atoms with van der Waals surface area (Å²) in [5, 5.41) is 14.8. The standard InChI is InChI=1S/C18H21N3O2/c22-15-8-11-5-12(9-15)7-14(6-11)18(23)21-17-16-2-3-19-10-13(16)1-4-20-17/h1-4,10-12,14-15,22H,5-9H2,(H,20,21,23)/t11-,12+,14?,15?. The van der Waals surface area contributed by atoms with Crippen molar-refractivity contribution >= 4 is 22.5 Å². The van der Waals surface area contributed by atoms with E-state index in [1.54, 1.807) is 18.6 Å². The van der Waals surface area contributed by atoms with Crippen LogP contribution in [-0.2, 0) is 4.79 Å². The van der Waals surface area contributed by atoms with Crippen molar-refractivity contribution in [2.75, 3.05) is 5.32 Å². The Balaban J connectivity index is 1.51. The van der Waals surface area contributed by atoms with Crippen molar-refractivity contribution in [1.29, 1.82) is 0 Å². The predicted octanol–water partition coefficient (Wildman–Crippen LogP) is 2.76. The fraction of sp³-hybridized carbons (Fsp3) is 0.500. The summed E-state index contributed by atoms with van der Waals surface area (Å²) >= 11 is 0. The predicted molar refractivity (Wildman–Crippen MR) is 87.7 cm³/mol. The van der Waals surface area contributed by atoms with Crippen LogP contribution in [0, 0.1) is 17.8 Å². The van der Waals surface area contributed by atoms with Crippen LogP contribution in [-0.4, -0.2) is 27.1 Å². The summed E-state index contributed by atoms with van der Waals surface area (Å²) in [4.78, 5) is 21.1. The molecule has 5 heteroatoms. The first-order chi connectivity index (χ1) is 11.2. The van der Waals surface area contributed by atoms with Crippen molar-refractivity contribution < 1.29 is 9.90 Å². The fourth-order valence-corrected chi connectivity index (χ4v) is 4.36. The van der Waals surface area contributed by atoms with Crippen LogP contribution in [0.4, 0.5) is 5.82 Å². The van der Waals surface area contributed by atoms with E-state index in [-0.39, 0.29) is 17.9 Å². The summed E-state index contributed by atoms with van der Waals surface area (Å²) < 4.78 is 0. The molecule has 23 heavy (non-hydrogen) atoms. The van der Waals surface area contributed by atoms with Crippen LogP contribution in [0.1, 0.15) is 32.1 Å². The van der Waals surface area contributed by atoms with Crippen LogP contribution in [0.5, 0.6) is 0 Å². The molecule has 0 saturated heterocycles. The van der Waals surface area contributed by atoms with Gasteiger partial charge in [0.1, 0.15) is 5.82 Å². The van der Waals surface area contributed by atoms with Gasteiger partial charge < -0.3 is 10.4 Å². The zero-order valence-corrected chi connectivity index (χ0v) is 13.0. The van der Waals surface area contributed by atoms with Crippen LogP contribution in [0.15, 0.2) is 30.7 Å². The molecule has 0 spiro atoms. The van der Waals surface area contributed by atoms with Crippen molar-refractivity contribution in [2.45, 2.75) is 38.2 Å². The van der Waals surface area contributed by atoms with E-state index in [1.165, 1.54) is 6.42 Å². The molecule has 2 aromatic heterocycles. The first-order valence-corrected chi connectivity index (χ1v) is 8.36. The highest BCUT2D eigenvalue weighted by atomic mass is 16.3. The molecule has 2 saturated carbocycles. The third-order valence-electron chi connectivity index (χ3n) is 5.29. The molecule has 2 N–H and O–H groups in total. The van der Waals surface area contributed by atoms with E-state index in [2.05, 4.69) is 15.3 Å². The van der Waals surface area contributed by atoms with Crippen molar-refractivity contribution in [3.8, 4) is 0 Å². The van der Waals surface area contributed by atoms with Gasteiger partial charge in [-0.25, -0.2) is 4.98 Å². The molecule has 2 bridgehead atoms. The summed E-state index contributed by atoms with van der Waals surface area (Å²) in [5.74, 6) is 1.68. The number of aliphatic hydroxyl groups is 1. The number of anilines is 1. The van der Waals surface area contributed by atoms with Crippen LogP contribution < -0.4 is 5.32 Å². The largest absolute Gasteiger partial charge is 0.393 e. The van der Waals surface area contributed by atoms with E-state index in [0.29, 0.717) is 17.7 Å². The number of pyridine rings is 2. The van der Waals surface area contributed by atoms with Gasteiger partial charge in [0.25, 0.3) is 0 Å². The number of aliphatic hydroxyl groups excluding tert-OH is 1. The van der Waals surface area contributed by atoms with E-state index >= 15 is 0 Å². The van der Waals surface area contributed by atoms with Gasteiger partial charge in [0.2, 0.25) is 5.91 Å². The SMILES string of the molecule is O=C(Nc1nccc2cnccc12)C1C[C@H]2CC(O)C[C@@H](C1)C2. The molecule has 0 aliphatic heterocycles. The molecular weight excluding hydrogens is 290 g/mol. The van der Waals surface area contributed by atoms with Crippen molar-refractivity contribution in [1.82, 2.24) is 9.97 Å². The highest BCUT2D eigenvalue weighted by Crippen LogP contribution is 2.43. The van der Waals surface area contributed by atoms with Crippen LogP contribution >= 0.6 is 0 Å². The summed E-state index contributed by atoms with van der Waals surface area (Å²) in [5.41, 5.74) is 0. The van der Waals surface area contributed by atoms with Crippen molar-refractivity contribution in [3.63, 3.8) is 0 Å². The van der Waals surface area contributed by atoms with E-state index in [1.807, 2.05) is 12.1 Å². The van der Waals surface area contributed by atoms with E-state index in [0.717, 1.165) is 36.5 Å². The number of hydrogen-bond acceptors (Lipinski definition) is 4. The van der Waals surface area contributed by atoms with Gasteiger partial charge in [-0.05, 0) is 56.1 Å². The summed E-state index contributed by atoms with van der Waals surface area (Å²) in [6, 6.07) is 3.77. The minimum Gasteiger partial charge on any atom is -0.393 e. The maximum atomic E-state index is 12.7. The Hall–Kier alpha value is -2.01. The van der Waals surface area contributed by atoms with Gasteiger partial charge in [0.05, 0.1) is 6.10 Å². The number of amides is 1. The zero-order chi connectivity index (χ0) is 15.8. The number of fused-ring (bicyclic) bond motifs is 3. The second kappa shape index (κ2) is 5.89. The normalized spacial score (nSPS) is 30.1. The van der Waals surface area contributed by atoms with Gasteiger partial charge in [-0.2, -0.15) is 0 Å². The molecule has 2 heterocycles. The average Bonchev–Trinajstić information content (AvgIpc) is 2.54. The summed E-state index contributed by atoms with van der Waals surface area (Å²) in [6.07, 6.45) is 9.64. The first-order valence-electron chi connectivity index (χ1n) is 8.36. The Labute approximate surface area is 135 Å². The molecule has 0 radical (unpaired) electrons. The summed E-state index contributed by atoms with van der Waals surface area (Å²) in [7, 11) is 0. The minimum absolute atomic E-state index is 0.0325. The van der Waals surface area contributed by atoms with Gasteiger partial charge in [-0.15, -0.1) is 0 Å². The van der Waals surface area contributed by atoms with Gasteiger partial charge >= 0.3 is 0 Å². The Morgan fingerprint density at radius 1 is 1.09 bits per heavy atom. The van der Waals surface area contributed by atoms with Gasteiger partial charge in [-0.3, -0.25) is 9.78 Å². The lowest BCUT2D eigenvalue weighted by Crippen LogP contribution is -2.38. The van der Waals surface area contributed by atoms with Crippen molar-refractivity contribution in [3.05, 3.63) is 30.7 Å². The molecule has 4 atom stereocenters. The molecule has 2 unspecified atom stereocenters. The topological polar surface area (TPSA) is 75.1 Å². The minimum atomic E-state index is -0.171. The van der Waals surface area contributed by atoms with E-state index < -0.39 is 0 Å². The van der Waals surface area contributed by atoms with Crippen molar-refractivity contribution in [2.24, 2.45) is 17.8 Å². The Morgan fingerprint density at radius 2 is 1.87 bits per heavy atom. The molecule has 2 fully saturated rings. The van der Waals surface area contributed by atoms with Crippen LogP contribution in [0.3, 0.4) is 0 Å². The van der Waals surface area contributed by atoms with E-state index in [9.17, 15) is 9.90 Å². The number of aromatic nitrogens is 2. The highest BCUT2D eigenvalue weighted by molar-refractivity contribution is 6.00. The zero-order valence-electron chi connectivity index (χ0n) is 13.0. The summed E-state index contributed by atoms with van der Waals surface area (Å²) in [6.45, 7) is 0. The molecule has 2 aromatic rings. The molecule has 2 aliphatic rings.